The topological polar surface area (TPSA) is 139 Å². The Hall–Kier alpha value is -3.13. The number of nitrogen functional groups attached to an aromatic ring is 1. The normalized spacial score (nSPS) is 18.2. The number of anilines is 2. The number of rotatable bonds is 5. The fraction of sp³-hybridized carbons (Fsp3) is 0.312. The molecule has 0 radical (unpaired) electrons. The zero-order valence-corrected chi connectivity index (χ0v) is 16.0. The van der Waals surface area contributed by atoms with E-state index in [1.54, 1.807) is 4.90 Å². The van der Waals surface area contributed by atoms with E-state index in [1.165, 1.54) is 12.4 Å². The number of carboxylic acid groups (broad SMARTS) is 1. The molecule has 0 spiro atoms. The summed E-state index contributed by atoms with van der Waals surface area (Å²) in [4.78, 5) is 20.7. The smallest absolute Gasteiger partial charge is 0.480 e. The van der Waals surface area contributed by atoms with Gasteiger partial charge in [-0.3, -0.25) is 4.79 Å². The molecule has 1 fully saturated rings. The van der Waals surface area contributed by atoms with Crippen LogP contribution >= 0.6 is 0 Å². The second kappa shape index (κ2) is 7.95. The summed E-state index contributed by atoms with van der Waals surface area (Å²) in [6.45, 7) is -0.279. The molecule has 2 aromatic rings. The minimum absolute atomic E-state index is 0.120. The third-order valence-electron chi connectivity index (χ3n) is 4.28. The minimum Gasteiger partial charge on any atom is -0.480 e. The molecule has 30 heavy (non-hydrogen) atoms. The van der Waals surface area contributed by atoms with E-state index in [0.717, 1.165) is 28.6 Å². The Labute approximate surface area is 168 Å². The van der Waals surface area contributed by atoms with Crippen LogP contribution in [-0.2, 0) is 14.8 Å². The molecule has 1 atom stereocenters. The van der Waals surface area contributed by atoms with E-state index in [9.17, 15) is 31.5 Å². The number of hydrogen-bond acceptors (Lipinski definition) is 8. The highest BCUT2D eigenvalue weighted by atomic mass is 32.2. The molecule has 0 amide bonds. The van der Waals surface area contributed by atoms with Gasteiger partial charge in [-0.1, -0.05) is 0 Å². The van der Waals surface area contributed by atoms with E-state index in [0.29, 0.717) is 5.82 Å². The van der Waals surface area contributed by atoms with Crippen molar-refractivity contribution in [1.29, 1.82) is 0 Å². The largest absolute Gasteiger partial charge is 0.573 e. The molecule has 0 aliphatic carbocycles. The average molecular weight is 447 g/mol. The van der Waals surface area contributed by atoms with Crippen molar-refractivity contribution in [1.82, 2.24) is 14.3 Å². The number of ether oxygens (including phenoxy) is 1. The van der Waals surface area contributed by atoms with Crippen molar-refractivity contribution in [2.24, 2.45) is 0 Å². The molecule has 1 saturated heterocycles. The number of benzene rings is 1. The molecule has 14 heteroatoms. The summed E-state index contributed by atoms with van der Waals surface area (Å²) < 4.78 is 67.2. The number of hydrogen-bond donors (Lipinski definition) is 2. The van der Waals surface area contributed by atoms with Crippen molar-refractivity contribution in [3.8, 4) is 5.75 Å². The van der Waals surface area contributed by atoms with Crippen LogP contribution in [0.15, 0.2) is 41.6 Å². The van der Waals surface area contributed by atoms with E-state index in [4.69, 9.17) is 5.73 Å². The molecule has 3 rings (SSSR count). The molecule has 1 aromatic heterocycles. The predicted molar refractivity (Wildman–Crippen MR) is 97.1 cm³/mol. The number of aliphatic carboxylic acids is 1. The first kappa shape index (κ1) is 21.6. The Balaban J connectivity index is 1.84. The van der Waals surface area contributed by atoms with Crippen molar-refractivity contribution in [2.45, 2.75) is 17.3 Å². The first-order valence-electron chi connectivity index (χ1n) is 8.40. The standard InChI is InChI=1S/C16H16F3N5O5S/c17-16(18,19)29-10-1-3-11(4-2-10)30(27,28)24-6-5-23(8-12(24)15(25)26)14-7-13(20)21-9-22-14/h1-4,7,9,12H,5-6,8H2,(H,25,26)(H2,20,21,22)/t12-/m1/s1. The van der Waals surface area contributed by atoms with Gasteiger partial charge < -0.3 is 20.5 Å². The fourth-order valence-electron chi connectivity index (χ4n) is 2.95. The van der Waals surface area contributed by atoms with Crippen LogP contribution in [-0.4, -0.2) is 65.8 Å². The number of sulfonamides is 1. The van der Waals surface area contributed by atoms with Crippen LogP contribution in [0.2, 0.25) is 0 Å². The molecule has 162 valence electrons. The number of nitrogens with two attached hydrogens (primary N) is 1. The van der Waals surface area contributed by atoms with Gasteiger partial charge in [-0.15, -0.1) is 13.2 Å². The summed E-state index contributed by atoms with van der Waals surface area (Å²) in [6.07, 6.45) is -3.72. The van der Waals surface area contributed by atoms with Gasteiger partial charge in [0.05, 0.1) is 4.90 Å². The number of carbonyl (C=O) groups is 1. The van der Waals surface area contributed by atoms with Gasteiger partial charge in [0, 0.05) is 25.7 Å². The summed E-state index contributed by atoms with van der Waals surface area (Å²) in [5.41, 5.74) is 5.60. The zero-order valence-electron chi connectivity index (χ0n) is 15.2. The third-order valence-corrected chi connectivity index (χ3v) is 6.20. The van der Waals surface area contributed by atoms with Crippen LogP contribution < -0.4 is 15.4 Å². The van der Waals surface area contributed by atoms with Gasteiger partial charge in [0.1, 0.15) is 29.8 Å². The number of piperazine rings is 1. The van der Waals surface area contributed by atoms with E-state index in [1.807, 2.05) is 0 Å². The molecule has 1 aliphatic heterocycles. The Morgan fingerprint density at radius 1 is 1.20 bits per heavy atom. The molecular weight excluding hydrogens is 431 g/mol. The summed E-state index contributed by atoms with van der Waals surface area (Å²) in [5.74, 6) is -1.47. The Morgan fingerprint density at radius 2 is 1.87 bits per heavy atom. The van der Waals surface area contributed by atoms with Crippen LogP contribution in [0.3, 0.4) is 0 Å². The lowest BCUT2D eigenvalue weighted by Gasteiger charge is -2.38. The molecule has 0 unspecified atom stereocenters. The molecule has 0 saturated carbocycles. The van der Waals surface area contributed by atoms with Crippen LogP contribution in [0.25, 0.3) is 0 Å². The molecule has 1 aliphatic rings. The Kier molecular flexibility index (Phi) is 5.72. The van der Waals surface area contributed by atoms with Crippen molar-refractivity contribution in [2.75, 3.05) is 30.3 Å². The van der Waals surface area contributed by atoms with Crippen molar-refractivity contribution >= 4 is 27.6 Å². The van der Waals surface area contributed by atoms with Crippen LogP contribution in [0.4, 0.5) is 24.8 Å². The average Bonchev–Trinajstić information content (AvgIpc) is 2.66. The molecule has 0 bridgehead atoms. The molecule has 10 nitrogen and oxygen atoms in total. The van der Waals surface area contributed by atoms with Gasteiger partial charge in [-0.05, 0) is 24.3 Å². The van der Waals surface area contributed by atoms with Crippen molar-refractivity contribution in [3.05, 3.63) is 36.7 Å². The van der Waals surface area contributed by atoms with Crippen LogP contribution in [0.1, 0.15) is 0 Å². The second-order valence-electron chi connectivity index (χ2n) is 6.24. The number of alkyl halides is 3. The number of halogens is 3. The monoisotopic (exact) mass is 447 g/mol. The highest BCUT2D eigenvalue weighted by Gasteiger charge is 2.41. The second-order valence-corrected chi connectivity index (χ2v) is 8.13. The highest BCUT2D eigenvalue weighted by molar-refractivity contribution is 7.89. The van der Waals surface area contributed by atoms with E-state index >= 15 is 0 Å². The minimum atomic E-state index is -4.92. The molecule has 2 heterocycles. The van der Waals surface area contributed by atoms with Gasteiger partial charge in [0.15, 0.2) is 0 Å². The Bertz CT molecular complexity index is 1030. The first-order valence-corrected chi connectivity index (χ1v) is 9.84. The van der Waals surface area contributed by atoms with Crippen molar-refractivity contribution in [3.63, 3.8) is 0 Å². The summed E-state index contributed by atoms with van der Waals surface area (Å²) in [6, 6.07) is 3.51. The maximum absolute atomic E-state index is 12.9. The Morgan fingerprint density at radius 3 is 2.43 bits per heavy atom. The maximum Gasteiger partial charge on any atom is 0.573 e. The summed E-state index contributed by atoms with van der Waals surface area (Å²) in [7, 11) is -4.30. The van der Waals surface area contributed by atoms with Gasteiger partial charge in [-0.25, -0.2) is 18.4 Å². The summed E-state index contributed by atoms with van der Waals surface area (Å²) >= 11 is 0. The quantitative estimate of drug-likeness (QED) is 0.685. The highest BCUT2D eigenvalue weighted by Crippen LogP contribution is 2.27. The van der Waals surface area contributed by atoms with Gasteiger partial charge >= 0.3 is 12.3 Å². The number of nitrogens with zero attached hydrogens (tertiary/aromatic N) is 4. The lowest BCUT2D eigenvalue weighted by atomic mass is 10.2. The fourth-order valence-corrected chi connectivity index (χ4v) is 4.51. The van der Waals surface area contributed by atoms with Crippen LogP contribution in [0, 0.1) is 0 Å². The predicted octanol–water partition coefficient (Wildman–Crippen LogP) is 0.921. The van der Waals surface area contributed by atoms with E-state index in [-0.39, 0.29) is 30.3 Å². The summed E-state index contributed by atoms with van der Waals surface area (Å²) in [5, 5.41) is 9.57. The zero-order chi connectivity index (χ0) is 22.1. The lowest BCUT2D eigenvalue weighted by molar-refractivity contribution is -0.274. The molecule has 1 aromatic carbocycles. The van der Waals surface area contributed by atoms with E-state index in [2.05, 4.69) is 14.7 Å². The SMILES string of the molecule is Nc1cc(N2CCN(S(=O)(=O)c3ccc(OC(F)(F)F)cc3)[C@@H](C(=O)O)C2)ncn1. The van der Waals surface area contributed by atoms with Gasteiger partial charge in [0.25, 0.3) is 0 Å². The molecular formula is C16H16F3N5O5S. The lowest BCUT2D eigenvalue weighted by Crippen LogP contribution is -2.58. The molecule has 3 N–H and O–H groups in total. The third kappa shape index (κ3) is 4.71. The van der Waals surface area contributed by atoms with Crippen molar-refractivity contribution < 1.29 is 36.2 Å². The van der Waals surface area contributed by atoms with E-state index < -0.39 is 34.1 Å². The number of carboxylic acids is 1. The van der Waals surface area contributed by atoms with Crippen LogP contribution in [0.5, 0.6) is 5.75 Å². The van der Waals surface area contributed by atoms with Gasteiger partial charge in [-0.2, -0.15) is 4.31 Å². The first-order chi connectivity index (χ1) is 14.0. The van der Waals surface area contributed by atoms with Gasteiger partial charge in [0.2, 0.25) is 10.0 Å². The maximum atomic E-state index is 12.9. The number of aromatic nitrogens is 2.